The maximum Gasteiger partial charge on any atom is 0.244 e. The smallest absolute Gasteiger partial charge is 0.233 e. The fourth-order valence-corrected chi connectivity index (χ4v) is 7.86. The van der Waals surface area contributed by atoms with Crippen molar-refractivity contribution in [3.05, 3.63) is 30.6 Å². The molecule has 0 atom stereocenters. The Morgan fingerprint density at radius 1 is 0.426 bits per heavy atom. The highest BCUT2D eigenvalue weighted by Gasteiger charge is 2.21. The molecule has 0 aliphatic rings. The third-order valence-corrected chi connectivity index (χ3v) is 11.0. The molecule has 1 heterocycles. The van der Waals surface area contributed by atoms with Crippen molar-refractivity contribution >= 4 is 11.0 Å². The number of hydrogen-bond donors (Lipinski definition) is 0. The second-order valence-electron chi connectivity index (χ2n) is 15.5. The molecular weight excluding hydrogens is 569 g/mol. The Bertz CT molecular complexity index is 893. The van der Waals surface area contributed by atoms with Gasteiger partial charge in [0.1, 0.15) is 6.04 Å². The van der Waals surface area contributed by atoms with E-state index in [1.807, 2.05) is 0 Å². The first-order chi connectivity index (χ1) is 23.3. The molecular formula is C45H83N2+. The maximum absolute atomic E-state index is 2.63. The maximum atomic E-state index is 2.63. The van der Waals surface area contributed by atoms with Crippen LogP contribution in [0.3, 0.4) is 0 Å². The van der Waals surface area contributed by atoms with Crippen molar-refractivity contribution in [3.63, 3.8) is 0 Å². The predicted octanol–water partition coefficient (Wildman–Crippen LogP) is 15.3. The van der Waals surface area contributed by atoms with E-state index in [1.54, 1.807) is 0 Å². The molecule has 2 rings (SSSR count). The van der Waals surface area contributed by atoms with E-state index in [1.165, 1.54) is 229 Å². The molecule has 0 fully saturated rings. The molecule has 2 heteroatoms. The molecule has 1 aromatic heterocycles. The molecule has 0 aliphatic heterocycles. The third-order valence-electron chi connectivity index (χ3n) is 11.0. The van der Waals surface area contributed by atoms with E-state index >= 15 is 0 Å². The van der Waals surface area contributed by atoms with E-state index in [9.17, 15) is 0 Å². The van der Waals surface area contributed by atoms with Crippen LogP contribution < -0.4 is 4.57 Å². The topological polar surface area (TPSA) is 8.81 Å². The van der Waals surface area contributed by atoms with Gasteiger partial charge < -0.3 is 0 Å². The van der Waals surface area contributed by atoms with E-state index < -0.39 is 0 Å². The van der Waals surface area contributed by atoms with Gasteiger partial charge in [0.2, 0.25) is 6.33 Å². The lowest BCUT2D eigenvalue weighted by atomic mass is 9.99. The molecule has 0 amide bonds. The van der Waals surface area contributed by atoms with Crippen molar-refractivity contribution in [2.24, 2.45) is 7.05 Å². The quantitative estimate of drug-likeness (QED) is 0.0518. The summed E-state index contributed by atoms with van der Waals surface area (Å²) in [7, 11) is 2.22. The summed E-state index contributed by atoms with van der Waals surface area (Å²) in [4.78, 5) is 0. The lowest BCUT2D eigenvalue weighted by molar-refractivity contribution is -0.645. The van der Waals surface area contributed by atoms with Crippen LogP contribution in [-0.4, -0.2) is 4.57 Å². The first-order valence-electron chi connectivity index (χ1n) is 21.7. The molecule has 272 valence electrons. The Kier molecular flexibility index (Phi) is 27.4. The van der Waals surface area contributed by atoms with Crippen LogP contribution in [0.4, 0.5) is 0 Å². The van der Waals surface area contributed by atoms with E-state index in [4.69, 9.17) is 0 Å². The van der Waals surface area contributed by atoms with Gasteiger partial charge in [0.15, 0.2) is 11.0 Å². The van der Waals surface area contributed by atoms with Gasteiger partial charge in [-0.2, -0.15) is 0 Å². The molecule has 47 heavy (non-hydrogen) atoms. The first kappa shape index (κ1) is 41.9. The molecule has 1 aromatic carbocycles. The second-order valence-corrected chi connectivity index (χ2v) is 15.5. The number of rotatable bonds is 35. The average molecular weight is 652 g/mol. The van der Waals surface area contributed by atoms with Crippen molar-refractivity contribution in [1.29, 1.82) is 0 Å². The zero-order valence-electron chi connectivity index (χ0n) is 32.4. The summed E-state index contributed by atoms with van der Waals surface area (Å²) in [6.45, 7) is 4.62. The third kappa shape index (κ3) is 21.4. The van der Waals surface area contributed by atoms with Gasteiger partial charge in [-0.05, 0) is 37.8 Å². The molecule has 0 saturated heterocycles. The zero-order chi connectivity index (χ0) is 33.5. The number of nitrogens with zero attached hydrogens (tertiary/aromatic N) is 2. The Labute approximate surface area is 295 Å². The Morgan fingerprint density at radius 2 is 0.723 bits per heavy atom. The Morgan fingerprint density at radius 3 is 1.06 bits per heavy atom. The summed E-state index contributed by atoms with van der Waals surface area (Å²) < 4.78 is 4.97. The fraction of sp³-hybridized carbons (Fsp3) is 0.844. The number of hydrogen-bond acceptors (Lipinski definition) is 0. The summed E-state index contributed by atoms with van der Waals surface area (Å²) in [6, 6.07) is 9.68. The lowest BCUT2D eigenvalue weighted by Crippen LogP contribution is -2.25. The number of fused-ring (bicyclic) bond motifs is 1. The van der Waals surface area contributed by atoms with E-state index in [-0.39, 0.29) is 0 Å². The van der Waals surface area contributed by atoms with Gasteiger partial charge in [-0.25, -0.2) is 9.13 Å². The summed E-state index contributed by atoms with van der Waals surface area (Å²) in [5.74, 6) is 0. The molecule has 0 bridgehead atoms. The number of aryl methyl sites for hydroxylation is 1. The minimum Gasteiger partial charge on any atom is -0.233 e. The fourth-order valence-electron chi connectivity index (χ4n) is 7.86. The minimum atomic E-state index is 0.652. The van der Waals surface area contributed by atoms with E-state index in [2.05, 4.69) is 60.6 Å². The van der Waals surface area contributed by atoms with Gasteiger partial charge in [0, 0.05) is 0 Å². The second kappa shape index (κ2) is 30.7. The average Bonchev–Trinajstić information content (AvgIpc) is 3.42. The molecule has 0 saturated carbocycles. The molecule has 0 N–H and O–H groups in total. The summed E-state index contributed by atoms with van der Waals surface area (Å²) in [5.41, 5.74) is 2.80. The van der Waals surface area contributed by atoms with Crippen molar-refractivity contribution in [3.8, 4) is 0 Å². The number of imidazole rings is 1. The Balaban J connectivity index is 1.53. The first-order valence-corrected chi connectivity index (χ1v) is 21.7. The number of benzene rings is 1. The number of para-hydroxylation sites is 2. The molecule has 0 unspecified atom stereocenters. The molecule has 0 spiro atoms. The van der Waals surface area contributed by atoms with Crippen LogP contribution in [-0.2, 0) is 7.05 Å². The van der Waals surface area contributed by atoms with Crippen molar-refractivity contribution in [1.82, 2.24) is 4.57 Å². The van der Waals surface area contributed by atoms with Crippen LogP contribution >= 0.6 is 0 Å². The molecule has 0 aliphatic carbocycles. The molecule has 0 radical (unpaired) electrons. The largest absolute Gasteiger partial charge is 0.244 e. The van der Waals surface area contributed by atoms with Gasteiger partial charge in [-0.1, -0.05) is 219 Å². The highest BCUT2D eigenvalue weighted by atomic mass is 15.1. The van der Waals surface area contributed by atoms with Gasteiger partial charge in [-0.15, -0.1) is 0 Å². The van der Waals surface area contributed by atoms with Crippen LogP contribution in [0.15, 0.2) is 30.6 Å². The predicted molar refractivity (Wildman–Crippen MR) is 210 cm³/mol. The van der Waals surface area contributed by atoms with Gasteiger partial charge in [0.25, 0.3) is 0 Å². The van der Waals surface area contributed by atoms with Crippen LogP contribution in [0.2, 0.25) is 0 Å². The summed E-state index contributed by atoms with van der Waals surface area (Å²) in [5, 5.41) is 0. The lowest BCUT2D eigenvalue weighted by Gasteiger charge is -2.15. The number of aromatic nitrogens is 2. The van der Waals surface area contributed by atoms with Gasteiger partial charge in [0.05, 0.1) is 7.05 Å². The Hall–Kier alpha value is -1.31. The standard InChI is InChI=1S/C45H83N2/c1-4-6-8-10-12-14-16-18-20-22-24-26-28-30-32-34-38-43(47-42-46(3)44-40-36-37-41-45(44)47)39-35-33-31-29-27-25-23-21-19-17-15-13-11-9-7-5-2/h36-37,40-43H,4-35,38-39H2,1-3H3/q+1. The van der Waals surface area contributed by atoms with Gasteiger partial charge in [-0.3, -0.25) is 0 Å². The van der Waals surface area contributed by atoms with Crippen molar-refractivity contribution < 1.29 is 4.57 Å². The normalized spacial score (nSPS) is 11.8. The van der Waals surface area contributed by atoms with Crippen molar-refractivity contribution in [2.45, 2.75) is 238 Å². The SMILES string of the molecule is CCCCCCCCCCCCCCCCCCC(CCCCCCCCCCCCCCCCCC)n1c[n+](C)c2ccccc21. The minimum absolute atomic E-state index is 0.652. The molecule has 2 aromatic rings. The monoisotopic (exact) mass is 652 g/mol. The van der Waals surface area contributed by atoms with E-state index in [0.717, 1.165) is 0 Å². The number of unbranched alkanes of at least 4 members (excludes halogenated alkanes) is 30. The zero-order valence-corrected chi connectivity index (χ0v) is 32.4. The van der Waals surface area contributed by atoms with Gasteiger partial charge >= 0.3 is 0 Å². The highest BCUT2D eigenvalue weighted by molar-refractivity contribution is 5.71. The highest BCUT2D eigenvalue weighted by Crippen LogP contribution is 2.27. The molecule has 2 nitrogen and oxygen atoms in total. The van der Waals surface area contributed by atoms with E-state index in [0.29, 0.717) is 6.04 Å². The van der Waals surface area contributed by atoms with Crippen LogP contribution in [0.1, 0.15) is 238 Å². The van der Waals surface area contributed by atoms with Crippen LogP contribution in [0.5, 0.6) is 0 Å². The summed E-state index contributed by atoms with van der Waals surface area (Å²) >= 11 is 0. The van der Waals surface area contributed by atoms with Crippen molar-refractivity contribution in [2.75, 3.05) is 0 Å². The summed E-state index contributed by atoms with van der Waals surface area (Å²) in [6.07, 6.45) is 51.4. The van der Waals surface area contributed by atoms with Crippen LogP contribution in [0, 0.1) is 0 Å². The van der Waals surface area contributed by atoms with Crippen LogP contribution in [0.25, 0.3) is 11.0 Å².